The number of carbonyl (C=O) groups is 1. The Morgan fingerprint density at radius 1 is 1.30 bits per heavy atom. The van der Waals surface area contributed by atoms with Crippen LogP contribution in [0, 0.1) is 5.82 Å². The number of esters is 1. The summed E-state index contributed by atoms with van der Waals surface area (Å²) < 4.78 is 18.9. The van der Waals surface area contributed by atoms with Crippen LogP contribution in [0.1, 0.15) is 59.1 Å². The predicted molar refractivity (Wildman–Crippen MR) is 100 cm³/mol. The van der Waals surface area contributed by atoms with Crippen LogP contribution in [-0.4, -0.2) is 24.7 Å². The molecule has 0 amide bonds. The molecule has 0 bridgehead atoms. The van der Waals surface area contributed by atoms with Gasteiger partial charge < -0.3 is 15.2 Å². The molecule has 1 aliphatic heterocycles. The molecule has 1 fully saturated rings. The minimum Gasteiger partial charge on any atom is -0.465 e. The van der Waals surface area contributed by atoms with Gasteiger partial charge >= 0.3 is 5.97 Å². The molecule has 2 aliphatic rings. The van der Waals surface area contributed by atoms with Crippen molar-refractivity contribution in [3.63, 3.8) is 0 Å². The van der Waals surface area contributed by atoms with E-state index in [0.29, 0.717) is 11.1 Å². The third-order valence-corrected chi connectivity index (χ3v) is 5.70. The molecule has 2 atom stereocenters. The summed E-state index contributed by atoms with van der Waals surface area (Å²) in [4.78, 5) is 11.5. The van der Waals surface area contributed by atoms with Crippen molar-refractivity contribution >= 4 is 11.7 Å². The number of hydrogen-bond donors (Lipinski definition) is 3. The number of halogens is 1. The van der Waals surface area contributed by atoms with Gasteiger partial charge in [0.15, 0.2) is 0 Å². The Hall–Kier alpha value is -2.44. The van der Waals surface area contributed by atoms with Gasteiger partial charge in [-0.05, 0) is 55.2 Å². The fraction of sp³-hybridized carbons (Fsp3) is 0.381. The van der Waals surface area contributed by atoms with Gasteiger partial charge in [0.25, 0.3) is 0 Å². The highest BCUT2D eigenvalue weighted by molar-refractivity contribution is 5.89. The van der Waals surface area contributed by atoms with Gasteiger partial charge in [-0.15, -0.1) is 0 Å². The van der Waals surface area contributed by atoms with Crippen molar-refractivity contribution in [1.82, 2.24) is 5.32 Å². The first-order chi connectivity index (χ1) is 12.9. The predicted octanol–water partition coefficient (Wildman–Crippen LogP) is 3.41. The van der Waals surface area contributed by atoms with Crippen molar-refractivity contribution in [2.24, 2.45) is 0 Å². The number of fused-ring (bicyclic) bond motifs is 2. The quantitative estimate of drug-likeness (QED) is 0.556. The number of aliphatic hydroxyl groups excluding tert-OH is 1. The van der Waals surface area contributed by atoms with Crippen LogP contribution in [-0.2, 0) is 10.2 Å². The number of aliphatic hydroxyl groups is 1. The Morgan fingerprint density at radius 2 is 2.00 bits per heavy atom. The molecule has 1 saturated carbocycles. The number of rotatable bonds is 5. The Balaban J connectivity index is 1.53. The second kappa shape index (κ2) is 6.62. The van der Waals surface area contributed by atoms with Crippen LogP contribution >= 0.6 is 0 Å². The molecule has 1 spiro atoms. The number of nitrogens with one attached hydrogen (secondary N) is 2. The summed E-state index contributed by atoms with van der Waals surface area (Å²) in [6.45, 7) is 2.71. The number of anilines is 1. The van der Waals surface area contributed by atoms with Crippen LogP contribution in [0.2, 0.25) is 0 Å². The van der Waals surface area contributed by atoms with Gasteiger partial charge in [0.1, 0.15) is 12.0 Å². The van der Waals surface area contributed by atoms with Crippen molar-refractivity contribution < 1.29 is 19.0 Å². The summed E-state index contributed by atoms with van der Waals surface area (Å²) in [6.07, 6.45) is 1.11. The third kappa shape index (κ3) is 3.19. The summed E-state index contributed by atoms with van der Waals surface area (Å²) >= 11 is 0. The van der Waals surface area contributed by atoms with Crippen LogP contribution in [0.5, 0.6) is 0 Å². The van der Waals surface area contributed by atoms with Gasteiger partial charge in [-0.25, -0.2) is 9.18 Å². The minimum absolute atomic E-state index is 0.0568. The fourth-order valence-corrected chi connectivity index (χ4v) is 3.86. The lowest BCUT2D eigenvalue weighted by Gasteiger charge is -2.22. The molecule has 27 heavy (non-hydrogen) atoms. The molecule has 1 aliphatic carbocycles. The molecule has 4 rings (SSSR count). The lowest BCUT2D eigenvalue weighted by atomic mass is 9.95. The second-order valence-corrected chi connectivity index (χ2v) is 7.46. The third-order valence-electron chi connectivity index (χ3n) is 5.70. The molecule has 5 nitrogen and oxygen atoms in total. The smallest absolute Gasteiger partial charge is 0.337 e. The standard InChI is InChI=1S/C21H23FN2O3/c1-12(13-3-5-14(6-4-13)20(26)27-2)24-19(25)16-9-15(22)10-17-18(16)23-11-21(17)7-8-21/h3-6,9-10,12,19,23-25H,7-8,11H2,1-2H3. The van der Waals surface area contributed by atoms with E-state index in [4.69, 9.17) is 4.74 Å². The fourth-order valence-electron chi connectivity index (χ4n) is 3.86. The summed E-state index contributed by atoms with van der Waals surface area (Å²) in [7, 11) is 1.34. The first-order valence-corrected chi connectivity index (χ1v) is 9.14. The average molecular weight is 370 g/mol. The lowest BCUT2D eigenvalue weighted by molar-refractivity contribution is 0.0600. The number of ether oxygens (including phenoxy) is 1. The monoisotopic (exact) mass is 370 g/mol. The van der Waals surface area contributed by atoms with Gasteiger partial charge in [-0.1, -0.05) is 12.1 Å². The van der Waals surface area contributed by atoms with Crippen molar-refractivity contribution in [3.05, 3.63) is 64.5 Å². The highest BCUT2D eigenvalue weighted by Gasteiger charge is 2.50. The maximum atomic E-state index is 14.2. The van der Waals surface area contributed by atoms with E-state index in [-0.39, 0.29) is 17.3 Å². The van der Waals surface area contributed by atoms with Gasteiger partial charge in [-0.3, -0.25) is 5.32 Å². The van der Waals surface area contributed by atoms with E-state index >= 15 is 0 Å². The topological polar surface area (TPSA) is 70.6 Å². The maximum Gasteiger partial charge on any atom is 0.337 e. The molecule has 0 saturated heterocycles. The van der Waals surface area contributed by atoms with Crippen LogP contribution in [0.25, 0.3) is 0 Å². The zero-order valence-corrected chi connectivity index (χ0v) is 15.4. The number of benzene rings is 2. The summed E-state index contributed by atoms with van der Waals surface area (Å²) in [5, 5.41) is 17.2. The van der Waals surface area contributed by atoms with E-state index in [1.807, 2.05) is 19.1 Å². The molecular formula is C21H23FN2O3. The highest BCUT2D eigenvalue weighted by Crippen LogP contribution is 2.55. The van der Waals surface area contributed by atoms with Gasteiger partial charge in [-0.2, -0.15) is 0 Å². The first kappa shape index (κ1) is 17.9. The molecule has 1 heterocycles. The molecule has 0 aromatic heterocycles. The Morgan fingerprint density at radius 3 is 2.63 bits per heavy atom. The molecule has 3 N–H and O–H groups in total. The number of methoxy groups -OCH3 is 1. The van der Waals surface area contributed by atoms with Crippen LogP contribution in [0.15, 0.2) is 36.4 Å². The van der Waals surface area contributed by atoms with E-state index in [0.717, 1.165) is 36.2 Å². The normalized spacial score (nSPS) is 18.5. The highest BCUT2D eigenvalue weighted by atomic mass is 19.1. The summed E-state index contributed by atoms with van der Waals surface area (Å²) in [5.74, 6) is -0.716. The molecule has 2 aromatic rings. The van der Waals surface area contributed by atoms with Gasteiger partial charge in [0.2, 0.25) is 0 Å². The van der Waals surface area contributed by atoms with Crippen LogP contribution in [0.3, 0.4) is 0 Å². The largest absolute Gasteiger partial charge is 0.465 e. The molecule has 2 unspecified atom stereocenters. The van der Waals surface area contributed by atoms with E-state index < -0.39 is 12.2 Å². The second-order valence-electron chi connectivity index (χ2n) is 7.46. The van der Waals surface area contributed by atoms with E-state index in [1.165, 1.54) is 13.2 Å². The minimum atomic E-state index is -1.01. The summed E-state index contributed by atoms with van der Waals surface area (Å²) in [6, 6.07) is 9.77. The Bertz CT molecular complexity index is 878. The van der Waals surface area contributed by atoms with E-state index in [1.54, 1.807) is 18.2 Å². The van der Waals surface area contributed by atoms with Gasteiger partial charge in [0.05, 0.1) is 12.7 Å². The molecule has 0 radical (unpaired) electrons. The van der Waals surface area contributed by atoms with Gasteiger partial charge in [0, 0.05) is 29.3 Å². The zero-order chi connectivity index (χ0) is 19.2. The maximum absolute atomic E-state index is 14.2. The van der Waals surface area contributed by atoms with Crippen molar-refractivity contribution in [1.29, 1.82) is 0 Å². The first-order valence-electron chi connectivity index (χ1n) is 9.14. The summed E-state index contributed by atoms with van der Waals surface area (Å²) in [5.41, 5.74) is 3.79. The lowest BCUT2D eigenvalue weighted by Crippen LogP contribution is -2.25. The van der Waals surface area contributed by atoms with E-state index in [2.05, 4.69) is 10.6 Å². The SMILES string of the molecule is COC(=O)c1ccc(C(C)NC(O)c2cc(F)cc3c2NCC32CC2)cc1. The number of carbonyl (C=O) groups excluding carboxylic acids is 1. The Kier molecular flexibility index (Phi) is 4.40. The Labute approximate surface area is 157 Å². The zero-order valence-electron chi connectivity index (χ0n) is 15.4. The van der Waals surface area contributed by atoms with Crippen LogP contribution < -0.4 is 10.6 Å². The number of hydrogen-bond acceptors (Lipinski definition) is 5. The average Bonchev–Trinajstić information content (AvgIpc) is 3.38. The molecule has 6 heteroatoms. The molecular weight excluding hydrogens is 347 g/mol. The van der Waals surface area contributed by atoms with E-state index in [9.17, 15) is 14.3 Å². The molecule has 2 aromatic carbocycles. The van der Waals surface area contributed by atoms with Crippen molar-refractivity contribution in [3.8, 4) is 0 Å². The van der Waals surface area contributed by atoms with Crippen LogP contribution in [0.4, 0.5) is 10.1 Å². The van der Waals surface area contributed by atoms with Crippen molar-refractivity contribution in [2.75, 3.05) is 19.0 Å². The van der Waals surface area contributed by atoms with Crippen molar-refractivity contribution in [2.45, 2.75) is 37.5 Å². The molecule has 142 valence electrons.